The fourth-order valence-electron chi connectivity index (χ4n) is 3.50. The van der Waals surface area contributed by atoms with Gasteiger partial charge in [0.2, 0.25) is 5.91 Å². The molecule has 1 fully saturated rings. The quantitative estimate of drug-likeness (QED) is 0.608. The van der Waals surface area contributed by atoms with Crippen LogP contribution in [-0.2, 0) is 25.6 Å². The predicted octanol–water partition coefficient (Wildman–Crippen LogP) is 1.49. The van der Waals surface area contributed by atoms with Gasteiger partial charge in [0.15, 0.2) is 0 Å². The first-order chi connectivity index (χ1) is 14.3. The topological polar surface area (TPSA) is 107 Å². The van der Waals surface area contributed by atoms with Crippen molar-refractivity contribution < 1.29 is 24.3 Å². The second-order valence-electron chi connectivity index (χ2n) is 6.87. The smallest absolute Gasteiger partial charge is 0.353 e. The second-order valence-corrected chi connectivity index (χ2v) is 8.41. The maximum absolute atomic E-state index is 12.7. The first-order valence-electron chi connectivity index (χ1n) is 9.52. The monoisotopic (exact) mass is 451 g/mol. The largest absolute Gasteiger partial charge is 0.477 e. The third kappa shape index (κ3) is 4.17. The average Bonchev–Trinajstić information content (AvgIpc) is 2.73. The van der Waals surface area contributed by atoms with E-state index in [9.17, 15) is 24.3 Å². The summed E-state index contributed by atoms with van der Waals surface area (Å²) < 4.78 is 0. The number of aliphatic carboxylic acids is 1. The van der Waals surface area contributed by atoms with Gasteiger partial charge in [-0.25, -0.2) is 4.79 Å². The lowest BCUT2D eigenvalue weighted by molar-refractivity contribution is -0.151. The first kappa shape index (κ1) is 22.2. The highest BCUT2D eigenvalue weighted by Gasteiger charge is 2.55. The summed E-state index contributed by atoms with van der Waals surface area (Å²) in [6, 6.07) is 5.98. The van der Waals surface area contributed by atoms with Crippen LogP contribution in [0.25, 0.3) is 0 Å². The Hall–Kier alpha value is -2.52. The fraction of sp³-hybridized carbons (Fsp3) is 0.400. The minimum atomic E-state index is -1.32. The van der Waals surface area contributed by atoms with E-state index in [2.05, 4.69) is 5.32 Å². The number of amides is 3. The van der Waals surface area contributed by atoms with E-state index in [1.807, 2.05) is 13.8 Å². The summed E-state index contributed by atoms with van der Waals surface area (Å²) in [6.45, 7) is 4.50. The number of carboxylic acid groups (broad SMARTS) is 1. The highest BCUT2D eigenvalue weighted by molar-refractivity contribution is 8.00. The number of carbonyl (C=O) groups is 4. The molecular weight excluding hydrogens is 430 g/mol. The van der Waals surface area contributed by atoms with E-state index >= 15 is 0 Å². The van der Waals surface area contributed by atoms with E-state index in [-0.39, 0.29) is 35.3 Å². The molecule has 2 N–H and O–H groups in total. The molecule has 0 bridgehead atoms. The molecule has 2 aliphatic heterocycles. The Labute approximate surface area is 183 Å². The van der Waals surface area contributed by atoms with Crippen molar-refractivity contribution in [1.29, 1.82) is 0 Å². The van der Waals surface area contributed by atoms with Crippen molar-refractivity contribution >= 4 is 47.1 Å². The Morgan fingerprint density at radius 1 is 1.23 bits per heavy atom. The van der Waals surface area contributed by atoms with E-state index in [1.165, 1.54) is 16.7 Å². The van der Waals surface area contributed by atoms with Gasteiger partial charge in [0.1, 0.15) is 17.1 Å². The zero-order valence-electron chi connectivity index (χ0n) is 16.6. The molecule has 0 aromatic heterocycles. The number of likely N-dealkylation sites (N-methyl/N-ethyl adjacent to an activating group) is 1. The molecule has 1 saturated heterocycles. The van der Waals surface area contributed by atoms with Gasteiger partial charge >= 0.3 is 5.97 Å². The first-order valence-corrected chi connectivity index (χ1v) is 10.9. The average molecular weight is 452 g/mol. The summed E-state index contributed by atoms with van der Waals surface area (Å²) in [5.41, 5.74) is 0.561. The van der Waals surface area contributed by atoms with Gasteiger partial charge in [0, 0.05) is 23.9 Å². The number of fused-ring (bicyclic) bond motifs is 1. The molecule has 2 atom stereocenters. The van der Waals surface area contributed by atoms with Crippen molar-refractivity contribution in [2.45, 2.75) is 31.7 Å². The molecule has 0 spiro atoms. The van der Waals surface area contributed by atoms with Gasteiger partial charge in [-0.2, -0.15) is 0 Å². The highest BCUT2D eigenvalue weighted by Crippen LogP contribution is 2.40. The molecular formula is C20H22ClN3O5S. The Morgan fingerprint density at radius 3 is 2.43 bits per heavy atom. The molecule has 0 radical (unpaired) electrons. The summed E-state index contributed by atoms with van der Waals surface area (Å²) in [7, 11) is 0. The van der Waals surface area contributed by atoms with Crippen LogP contribution in [0.1, 0.15) is 19.4 Å². The van der Waals surface area contributed by atoms with E-state index in [0.717, 1.165) is 10.5 Å². The van der Waals surface area contributed by atoms with E-state index < -0.39 is 23.3 Å². The zero-order chi connectivity index (χ0) is 22.0. The van der Waals surface area contributed by atoms with Gasteiger partial charge in [0.25, 0.3) is 11.8 Å². The Kier molecular flexibility index (Phi) is 6.72. The van der Waals surface area contributed by atoms with Crippen LogP contribution in [0.5, 0.6) is 0 Å². The molecule has 1 unspecified atom stereocenters. The number of β-lactam (4-membered cyclic amide) rings is 1. The molecule has 2 heterocycles. The lowest BCUT2D eigenvalue weighted by Crippen LogP contribution is -2.71. The third-order valence-electron chi connectivity index (χ3n) is 5.07. The van der Waals surface area contributed by atoms with Crippen LogP contribution >= 0.6 is 23.4 Å². The maximum Gasteiger partial charge on any atom is 0.353 e. The van der Waals surface area contributed by atoms with Crippen LogP contribution in [0.3, 0.4) is 0 Å². The van der Waals surface area contributed by atoms with Crippen molar-refractivity contribution in [2.24, 2.45) is 0 Å². The Bertz CT molecular complexity index is 914. The molecule has 3 rings (SSSR count). The minimum absolute atomic E-state index is 0.0751. The third-order valence-corrected chi connectivity index (χ3v) is 6.61. The van der Waals surface area contributed by atoms with E-state index in [1.54, 1.807) is 24.3 Å². The van der Waals surface area contributed by atoms with Gasteiger partial charge in [-0.15, -0.1) is 11.8 Å². The number of nitrogens with zero attached hydrogens (tertiary/aromatic N) is 2. The molecule has 1 aromatic carbocycles. The number of rotatable bonds is 7. The van der Waals surface area contributed by atoms with Gasteiger partial charge in [-0.1, -0.05) is 23.7 Å². The molecule has 0 aliphatic carbocycles. The summed E-state index contributed by atoms with van der Waals surface area (Å²) in [6.07, 6.45) is 0.0751. The Morgan fingerprint density at radius 2 is 1.87 bits per heavy atom. The number of carboxylic acids is 1. The normalized spacial score (nSPS) is 20.4. The lowest BCUT2D eigenvalue weighted by Gasteiger charge is -2.49. The number of halogens is 1. The number of hydrogen-bond acceptors (Lipinski definition) is 5. The van der Waals surface area contributed by atoms with Crippen LogP contribution in [0.2, 0.25) is 5.02 Å². The van der Waals surface area contributed by atoms with Crippen molar-refractivity contribution in [3.05, 3.63) is 46.1 Å². The Balaban J connectivity index is 1.74. The van der Waals surface area contributed by atoms with E-state index in [4.69, 9.17) is 11.6 Å². The van der Waals surface area contributed by atoms with Gasteiger partial charge in [-0.3, -0.25) is 19.3 Å². The molecule has 3 amide bonds. The van der Waals surface area contributed by atoms with Crippen LogP contribution in [0.15, 0.2) is 35.5 Å². The summed E-state index contributed by atoms with van der Waals surface area (Å²) in [5, 5.41) is 12.4. The fourth-order valence-corrected chi connectivity index (χ4v) is 4.96. The molecule has 1 aromatic rings. The van der Waals surface area contributed by atoms with Gasteiger partial charge in [-0.05, 0) is 31.5 Å². The molecule has 30 heavy (non-hydrogen) atoms. The number of benzene rings is 1. The number of nitrogens with one attached hydrogen (secondary N) is 1. The molecule has 0 saturated carbocycles. The number of carbonyl (C=O) groups excluding carboxylic acids is 3. The predicted molar refractivity (Wildman–Crippen MR) is 113 cm³/mol. The summed E-state index contributed by atoms with van der Waals surface area (Å²) in [5.74, 6) is -2.42. The standard InChI is InChI=1S/C20H22ClN3O5S/c1-3-23(4-2)17(26)13-10-30-19-15(18(27)24(19)16(13)20(28)29)22-14(25)9-11-5-7-12(21)8-6-11/h5-8,15,19H,3-4,9-10H2,1-2H3,(H,22,25)(H,28,29)/t15?,19-/m0/s1. The number of thioether (sulfide) groups is 1. The van der Waals surface area contributed by atoms with Crippen LogP contribution < -0.4 is 5.32 Å². The van der Waals surface area contributed by atoms with Crippen molar-refractivity contribution in [2.75, 3.05) is 18.8 Å². The summed E-state index contributed by atoms with van der Waals surface area (Å²) in [4.78, 5) is 52.3. The van der Waals surface area contributed by atoms with Crippen LogP contribution in [0, 0.1) is 0 Å². The lowest BCUT2D eigenvalue weighted by atomic mass is 10.0. The van der Waals surface area contributed by atoms with Gasteiger partial charge < -0.3 is 15.3 Å². The SMILES string of the molecule is CCN(CC)C(=O)C1=C(C(=O)O)N2C(=O)C(NC(=O)Cc3ccc(Cl)cc3)[C@@H]2SC1. The maximum atomic E-state index is 12.7. The van der Waals surface area contributed by atoms with E-state index in [0.29, 0.717) is 18.1 Å². The molecule has 10 heteroatoms. The van der Waals surface area contributed by atoms with Crippen molar-refractivity contribution in [1.82, 2.24) is 15.1 Å². The number of hydrogen-bond donors (Lipinski definition) is 2. The zero-order valence-corrected chi connectivity index (χ0v) is 18.1. The summed E-state index contributed by atoms with van der Waals surface area (Å²) >= 11 is 7.11. The second kappa shape index (κ2) is 9.09. The highest BCUT2D eigenvalue weighted by atomic mass is 35.5. The molecule has 8 nitrogen and oxygen atoms in total. The van der Waals surface area contributed by atoms with Crippen LogP contribution in [0.4, 0.5) is 0 Å². The van der Waals surface area contributed by atoms with Crippen molar-refractivity contribution in [3.8, 4) is 0 Å². The molecule has 160 valence electrons. The minimum Gasteiger partial charge on any atom is -0.477 e. The van der Waals surface area contributed by atoms with Crippen molar-refractivity contribution in [3.63, 3.8) is 0 Å². The van der Waals surface area contributed by atoms with Crippen LogP contribution in [-0.4, -0.2) is 68.9 Å². The molecule has 2 aliphatic rings. The van der Waals surface area contributed by atoms with Gasteiger partial charge in [0.05, 0.1) is 12.0 Å².